The van der Waals surface area contributed by atoms with Crippen molar-refractivity contribution in [2.24, 2.45) is 13.0 Å². The van der Waals surface area contributed by atoms with Crippen LogP contribution in [0.4, 0.5) is 5.69 Å². The zero-order valence-corrected chi connectivity index (χ0v) is 10.2. The molecule has 5 nitrogen and oxygen atoms in total. The Morgan fingerprint density at radius 2 is 2.41 bits per heavy atom. The van der Waals surface area contributed by atoms with Gasteiger partial charge in [-0.25, -0.2) is 0 Å². The summed E-state index contributed by atoms with van der Waals surface area (Å²) in [6.45, 7) is 1.91. The topological polar surface area (TPSA) is 59.0 Å². The van der Waals surface area contributed by atoms with E-state index in [4.69, 9.17) is 0 Å². The minimum absolute atomic E-state index is 0.133. The van der Waals surface area contributed by atoms with Crippen molar-refractivity contribution in [3.05, 3.63) is 11.9 Å². The summed E-state index contributed by atoms with van der Waals surface area (Å²) >= 11 is 0. The van der Waals surface area contributed by atoms with Gasteiger partial charge in [-0.15, -0.1) is 0 Å². The van der Waals surface area contributed by atoms with Crippen molar-refractivity contribution in [1.29, 1.82) is 0 Å². The molecule has 1 aromatic rings. The van der Waals surface area contributed by atoms with Crippen LogP contribution in [0.3, 0.4) is 0 Å². The Labute approximate surface area is 101 Å². The first-order valence-corrected chi connectivity index (χ1v) is 6.20. The lowest BCUT2D eigenvalue weighted by molar-refractivity contribution is -0.120. The van der Waals surface area contributed by atoms with Crippen LogP contribution >= 0.6 is 0 Å². The van der Waals surface area contributed by atoms with Gasteiger partial charge in [-0.1, -0.05) is 0 Å². The highest BCUT2D eigenvalue weighted by Gasteiger charge is 2.42. The Hall–Kier alpha value is -1.36. The molecule has 1 aromatic heterocycles. The third-order valence-corrected chi connectivity index (χ3v) is 3.91. The number of anilines is 1. The lowest BCUT2D eigenvalue weighted by atomic mass is 9.88. The molecule has 2 N–H and O–H groups in total. The van der Waals surface area contributed by atoms with E-state index in [-0.39, 0.29) is 11.8 Å². The molecule has 0 aliphatic carbocycles. The van der Waals surface area contributed by atoms with E-state index in [1.807, 2.05) is 20.2 Å². The molecule has 2 saturated heterocycles. The summed E-state index contributed by atoms with van der Waals surface area (Å²) in [6.07, 6.45) is 5.19. The quantitative estimate of drug-likeness (QED) is 0.796. The van der Waals surface area contributed by atoms with E-state index in [1.54, 1.807) is 4.68 Å². The molecule has 1 amide bonds. The number of carbonyl (C=O) groups is 1. The molecule has 17 heavy (non-hydrogen) atoms. The first-order valence-electron chi connectivity index (χ1n) is 6.20. The van der Waals surface area contributed by atoms with Crippen molar-refractivity contribution in [3.8, 4) is 0 Å². The Balaban J connectivity index is 1.69. The van der Waals surface area contributed by atoms with Gasteiger partial charge in [0, 0.05) is 25.3 Å². The number of nitrogens with zero attached hydrogens (tertiary/aromatic N) is 2. The van der Waals surface area contributed by atoms with E-state index >= 15 is 0 Å². The minimum Gasteiger partial charge on any atom is -0.323 e. The largest absolute Gasteiger partial charge is 0.323 e. The maximum Gasteiger partial charge on any atom is 0.229 e. The summed E-state index contributed by atoms with van der Waals surface area (Å²) in [5.41, 5.74) is 1.71. The maximum absolute atomic E-state index is 12.2. The fraction of sp³-hybridized carbons (Fsp3) is 0.667. The molecule has 0 spiro atoms. The van der Waals surface area contributed by atoms with Crippen LogP contribution < -0.4 is 10.6 Å². The fourth-order valence-electron chi connectivity index (χ4n) is 3.06. The van der Waals surface area contributed by atoms with Crippen LogP contribution in [0.5, 0.6) is 0 Å². The predicted octanol–water partition coefficient (Wildman–Crippen LogP) is 0.808. The van der Waals surface area contributed by atoms with E-state index in [0.29, 0.717) is 12.1 Å². The van der Waals surface area contributed by atoms with E-state index in [0.717, 1.165) is 24.2 Å². The number of hydrogen-bond acceptors (Lipinski definition) is 3. The molecule has 2 aliphatic heterocycles. The minimum atomic E-state index is 0.133. The number of rotatable bonds is 2. The molecule has 0 saturated carbocycles. The normalized spacial score (nSPS) is 30.8. The standard InChI is InChI=1S/C12H18N4O/c1-7-11(6-16(2)15-7)14-12(17)9-5-8-3-4-10(9)13-8/h6,8-10,13H,3-5H2,1-2H3,(H,14,17). The molecule has 5 heteroatoms. The lowest BCUT2D eigenvalue weighted by Crippen LogP contribution is -2.32. The van der Waals surface area contributed by atoms with E-state index in [1.165, 1.54) is 6.42 Å². The second kappa shape index (κ2) is 3.84. The van der Waals surface area contributed by atoms with Crippen LogP contribution in [0.1, 0.15) is 25.0 Å². The zero-order chi connectivity index (χ0) is 12.0. The third kappa shape index (κ3) is 1.84. The zero-order valence-electron chi connectivity index (χ0n) is 10.2. The van der Waals surface area contributed by atoms with Crippen molar-refractivity contribution < 1.29 is 4.79 Å². The van der Waals surface area contributed by atoms with Gasteiger partial charge in [0.05, 0.1) is 17.3 Å². The second-order valence-corrected chi connectivity index (χ2v) is 5.18. The molecule has 2 aliphatic rings. The first-order chi connectivity index (χ1) is 8.13. The SMILES string of the molecule is Cc1nn(C)cc1NC(=O)C1CC2CCC1N2. The van der Waals surface area contributed by atoms with Gasteiger partial charge in [0.2, 0.25) is 5.91 Å². The van der Waals surface area contributed by atoms with Crippen molar-refractivity contribution >= 4 is 11.6 Å². The van der Waals surface area contributed by atoms with Gasteiger partial charge in [-0.05, 0) is 26.2 Å². The number of aryl methyl sites for hydroxylation is 2. The van der Waals surface area contributed by atoms with Crippen LogP contribution in [0.25, 0.3) is 0 Å². The maximum atomic E-state index is 12.2. The van der Waals surface area contributed by atoms with Crippen LogP contribution in [0.15, 0.2) is 6.20 Å². The molecule has 0 aromatic carbocycles. The number of nitrogens with one attached hydrogen (secondary N) is 2. The monoisotopic (exact) mass is 234 g/mol. The summed E-state index contributed by atoms with van der Waals surface area (Å²) in [5.74, 6) is 0.272. The third-order valence-electron chi connectivity index (χ3n) is 3.91. The molecule has 3 rings (SSSR count). The van der Waals surface area contributed by atoms with Crippen molar-refractivity contribution in [3.63, 3.8) is 0 Å². The molecular weight excluding hydrogens is 216 g/mol. The van der Waals surface area contributed by atoms with Crippen molar-refractivity contribution in [2.75, 3.05) is 5.32 Å². The van der Waals surface area contributed by atoms with Crippen LogP contribution in [0, 0.1) is 12.8 Å². The first kappa shape index (κ1) is 10.8. The van der Waals surface area contributed by atoms with Gasteiger partial charge in [-0.3, -0.25) is 9.48 Å². The Morgan fingerprint density at radius 1 is 1.59 bits per heavy atom. The number of amides is 1. The van der Waals surface area contributed by atoms with Crippen LogP contribution in [0.2, 0.25) is 0 Å². The van der Waals surface area contributed by atoms with Gasteiger partial charge >= 0.3 is 0 Å². The Morgan fingerprint density at radius 3 is 2.94 bits per heavy atom. The molecule has 3 heterocycles. The molecule has 2 bridgehead atoms. The molecular formula is C12H18N4O. The predicted molar refractivity (Wildman–Crippen MR) is 64.6 cm³/mol. The van der Waals surface area contributed by atoms with E-state index < -0.39 is 0 Å². The van der Waals surface area contributed by atoms with E-state index in [9.17, 15) is 4.79 Å². The van der Waals surface area contributed by atoms with Gasteiger partial charge in [-0.2, -0.15) is 5.10 Å². The number of aromatic nitrogens is 2. The Kier molecular flexibility index (Phi) is 2.43. The second-order valence-electron chi connectivity index (χ2n) is 5.18. The molecule has 92 valence electrons. The summed E-state index contributed by atoms with van der Waals surface area (Å²) < 4.78 is 1.73. The average Bonchev–Trinajstić information content (AvgIpc) is 2.94. The highest BCUT2D eigenvalue weighted by Crippen LogP contribution is 2.34. The van der Waals surface area contributed by atoms with Gasteiger partial charge in [0.15, 0.2) is 0 Å². The van der Waals surface area contributed by atoms with Crippen molar-refractivity contribution in [1.82, 2.24) is 15.1 Å². The smallest absolute Gasteiger partial charge is 0.229 e. The molecule has 3 atom stereocenters. The lowest BCUT2D eigenvalue weighted by Gasteiger charge is -2.18. The number of hydrogen-bond donors (Lipinski definition) is 2. The average molecular weight is 234 g/mol. The summed E-state index contributed by atoms with van der Waals surface area (Å²) in [5, 5.41) is 10.7. The fourth-order valence-corrected chi connectivity index (χ4v) is 3.06. The van der Waals surface area contributed by atoms with Gasteiger partial charge in [0.1, 0.15) is 0 Å². The van der Waals surface area contributed by atoms with Crippen LogP contribution in [-0.4, -0.2) is 27.8 Å². The molecule has 0 radical (unpaired) electrons. The highest BCUT2D eigenvalue weighted by atomic mass is 16.2. The molecule has 2 fully saturated rings. The summed E-state index contributed by atoms with van der Waals surface area (Å²) in [7, 11) is 1.86. The number of fused-ring (bicyclic) bond motifs is 2. The number of carbonyl (C=O) groups excluding carboxylic acids is 1. The van der Waals surface area contributed by atoms with Crippen molar-refractivity contribution in [2.45, 2.75) is 38.3 Å². The summed E-state index contributed by atoms with van der Waals surface area (Å²) in [4.78, 5) is 12.2. The van der Waals surface area contributed by atoms with Crippen LogP contribution in [-0.2, 0) is 11.8 Å². The highest BCUT2D eigenvalue weighted by molar-refractivity contribution is 5.93. The van der Waals surface area contributed by atoms with Gasteiger partial charge < -0.3 is 10.6 Å². The summed E-state index contributed by atoms with van der Waals surface area (Å²) in [6, 6.07) is 0.947. The van der Waals surface area contributed by atoms with E-state index in [2.05, 4.69) is 15.7 Å². The molecule has 3 unspecified atom stereocenters. The van der Waals surface area contributed by atoms with Gasteiger partial charge in [0.25, 0.3) is 0 Å². The Bertz CT molecular complexity index is 453.